The van der Waals surface area contributed by atoms with Crippen LogP contribution >= 0.6 is 0 Å². The van der Waals surface area contributed by atoms with Gasteiger partial charge in [-0.2, -0.15) is 0 Å². The average molecular weight is 149 g/mol. The molecular weight excluding hydrogens is 134 g/mol. The Morgan fingerprint density at radius 1 is 1.27 bits per heavy atom. The van der Waals surface area contributed by atoms with Crippen LogP contribution in [-0.4, -0.2) is 25.0 Å². The molecule has 1 heterocycles. The third kappa shape index (κ3) is 1.38. The fourth-order valence-electron chi connectivity index (χ4n) is 1.86. The molecule has 1 aliphatic carbocycles. The van der Waals surface area contributed by atoms with E-state index in [1.807, 2.05) is 0 Å². The quantitative estimate of drug-likeness (QED) is 0.509. The molecule has 0 bridgehead atoms. The van der Waals surface area contributed by atoms with Crippen molar-refractivity contribution in [1.82, 2.24) is 4.90 Å². The predicted octanol–water partition coefficient (Wildman–Crippen LogP) is 1.97. The van der Waals surface area contributed by atoms with E-state index in [1.165, 1.54) is 32.4 Å². The Labute approximate surface area is 68.4 Å². The zero-order chi connectivity index (χ0) is 7.68. The van der Waals surface area contributed by atoms with Crippen LogP contribution in [0, 0.1) is 0 Å². The van der Waals surface area contributed by atoms with Crippen LogP contribution in [0.4, 0.5) is 0 Å². The minimum Gasteiger partial charge on any atom is -0.306 e. The number of nitrogens with zero attached hydrogens (tertiary/aromatic N) is 1. The van der Waals surface area contributed by atoms with Gasteiger partial charge in [-0.25, -0.2) is 0 Å². The Morgan fingerprint density at radius 3 is 3.00 bits per heavy atom. The SMILES string of the molecule is CN1CCC2=C(CC=C2)CC1. The smallest absolute Gasteiger partial charge is 0.00189 e. The van der Waals surface area contributed by atoms with Gasteiger partial charge in [0, 0.05) is 13.1 Å². The second-order valence-electron chi connectivity index (χ2n) is 3.54. The fourth-order valence-corrected chi connectivity index (χ4v) is 1.86. The molecular formula is C10H15N. The second kappa shape index (κ2) is 2.82. The van der Waals surface area contributed by atoms with Gasteiger partial charge in [-0.1, -0.05) is 17.7 Å². The van der Waals surface area contributed by atoms with E-state index < -0.39 is 0 Å². The van der Waals surface area contributed by atoms with Crippen LogP contribution < -0.4 is 0 Å². The molecule has 0 aromatic carbocycles. The van der Waals surface area contributed by atoms with Crippen molar-refractivity contribution < 1.29 is 0 Å². The topological polar surface area (TPSA) is 3.24 Å². The highest BCUT2D eigenvalue weighted by Gasteiger charge is 2.13. The van der Waals surface area contributed by atoms with Crippen LogP contribution in [0.2, 0.25) is 0 Å². The van der Waals surface area contributed by atoms with Crippen LogP contribution in [0.25, 0.3) is 0 Å². The summed E-state index contributed by atoms with van der Waals surface area (Å²) in [7, 11) is 2.21. The summed E-state index contributed by atoms with van der Waals surface area (Å²) in [6, 6.07) is 0. The van der Waals surface area contributed by atoms with Gasteiger partial charge in [-0.15, -0.1) is 0 Å². The third-order valence-corrected chi connectivity index (χ3v) is 2.70. The van der Waals surface area contributed by atoms with E-state index in [0.717, 1.165) is 0 Å². The summed E-state index contributed by atoms with van der Waals surface area (Å²) in [4.78, 5) is 2.42. The number of hydrogen-bond donors (Lipinski definition) is 0. The van der Waals surface area contributed by atoms with Crippen molar-refractivity contribution in [3.63, 3.8) is 0 Å². The van der Waals surface area contributed by atoms with Crippen LogP contribution in [-0.2, 0) is 0 Å². The van der Waals surface area contributed by atoms with Crippen molar-refractivity contribution in [2.24, 2.45) is 0 Å². The van der Waals surface area contributed by atoms with Crippen LogP contribution in [0.1, 0.15) is 19.3 Å². The van der Waals surface area contributed by atoms with Gasteiger partial charge in [0.2, 0.25) is 0 Å². The molecule has 0 N–H and O–H groups in total. The summed E-state index contributed by atoms with van der Waals surface area (Å²) in [5.74, 6) is 0. The number of allylic oxidation sites excluding steroid dienone is 2. The van der Waals surface area contributed by atoms with Crippen molar-refractivity contribution in [2.45, 2.75) is 19.3 Å². The first kappa shape index (κ1) is 7.11. The van der Waals surface area contributed by atoms with Crippen LogP contribution in [0.3, 0.4) is 0 Å². The maximum atomic E-state index is 2.42. The summed E-state index contributed by atoms with van der Waals surface area (Å²) in [6.07, 6.45) is 8.40. The highest BCUT2D eigenvalue weighted by Crippen LogP contribution is 2.26. The maximum Gasteiger partial charge on any atom is 0.00189 e. The second-order valence-corrected chi connectivity index (χ2v) is 3.54. The summed E-state index contributed by atoms with van der Waals surface area (Å²) < 4.78 is 0. The standard InChI is InChI=1S/C10H15N/c1-11-7-5-9-3-2-4-10(9)6-8-11/h2-3H,4-8H2,1H3. The molecule has 11 heavy (non-hydrogen) atoms. The molecule has 1 nitrogen and oxygen atoms in total. The van der Waals surface area contributed by atoms with Gasteiger partial charge < -0.3 is 4.90 Å². The Balaban J connectivity index is 2.11. The molecule has 60 valence electrons. The van der Waals surface area contributed by atoms with Gasteiger partial charge in [-0.05, 0) is 31.9 Å². The maximum absolute atomic E-state index is 2.42. The van der Waals surface area contributed by atoms with Crippen molar-refractivity contribution in [3.8, 4) is 0 Å². The molecule has 0 saturated carbocycles. The van der Waals surface area contributed by atoms with Gasteiger partial charge >= 0.3 is 0 Å². The van der Waals surface area contributed by atoms with Gasteiger partial charge in [0.05, 0.1) is 0 Å². The van der Waals surface area contributed by atoms with Crippen LogP contribution in [0.5, 0.6) is 0 Å². The van der Waals surface area contributed by atoms with E-state index in [9.17, 15) is 0 Å². The summed E-state index contributed by atoms with van der Waals surface area (Å²) in [5, 5.41) is 0. The van der Waals surface area contributed by atoms with Crippen molar-refractivity contribution in [2.75, 3.05) is 20.1 Å². The molecule has 0 saturated heterocycles. The molecule has 1 heteroatoms. The lowest BCUT2D eigenvalue weighted by molar-refractivity contribution is 0.351. The van der Waals surface area contributed by atoms with E-state index in [4.69, 9.17) is 0 Å². The van der Waals surface area contributed by atoms with Crippen molar-refractivity contribution >= 4 is 0 Å². The molecule has 0 spiro atoms. The first-order chi connectivity index (χ1) is 5.36. The van der Waals surface area contributed by atoms with Crippen LogP contribution in [0.15, 0.2) is 23.3 Å². The van der Waals surface area contributed by atoms with E-state index in [2.05, 4.69) is 24.1 Å². The van der Waals surface area contributed by atoms with E-state index in [-0.39, 0.29) is 0 Å². The molecule has 0 atom stereocenters. The Bertz CT molecular complexity index is 213. The highest BCUT2D eigenvalue weighted by molar-refractivity contribution is 5.34. The van der Waals surface area contributed by atoms with E-state index >= 15 is 0 Å². The lowest BCUT2D eigenvalue weighted by Crippen LogP contribution is -2.19. The molecule has 1 aliphatic heterocycles. The zero-order valence-electron chi connectivity index (χ0n) is 7.14. The molecule has 0 unspecified atom stereocenters. The van der Waals surface area contributed by atoms with Crippen molar-refractivity contribution in [3.05, 3.63) is 23.3 Å². The molecule has 0 aromatic heterocycles. The van der Waals surface area contributed by atoms with Gasteiger partial charge in [0.15, 0.2) is 0 Å². The number of hydrogen-bond acceptors (Lipinski definition) is 1. The zero-order valence-corrected chi connectivity index (χ0v) is 7.14. The lowest BCUT2D eigenvalue weighted by atomic mass is 10.1. The molecule has 0 fully saturated rings. The minimum absolute atomic E-state index is 1.23. The summed E-state index contributed by atoms with van der Waals surface area (Å²) in [6.45, 7) is 2.49. The summed E-state index contributed by atoms with van der Waals surface area (Å²) in [5.41, 5.74) is 3.31. The Hall–Kier alpha value is -0.560. The molecule has 0 amide bonds. The third-order valence-electron chi connectivity index (χ3n) is 2.70. The molecule has 0 aromatic rings. The first-order valence-corrected chi connectivity index (χ1v) is 4.42. The predicted molar refractivity (Wildman–Crippen MR) is 47.5 cm³/mol. The Kier molecular flexibility index (Phi) is 1.82. The molecule has 2 aliphatic rings. The minimum atomic E-state index is 1.23. The fraction of sp³-hybridized carbons (Fsp3) is 0.600. The largest absolute Gasteiger partial charge is 0.306 e. The average Bonchev–Trinajstić information content (AvgIpc) is 2.38. The first-order valence-electron chi connectivity index (χ1n) is 4.42. The van der Waals surface area contributed by atoms with Gasteiger partial charge in [0.1, 0.15) is 0 Å². The normalized spacial score (nSPS) is 25.5. The van der Waals surface area contributed by atoms with Gasteiger partial charge in [0.25, 0.3) is 0 Å². The van der Waals surface area contributed by atoms with Crippen molar-refractivity contribution in [1.29, 1.82) is 0 Å². The lowest BCUT2D eigenvalue weighted by Gasteiger charge is -2.12. The molecule has 0 radical (unpaired) electrons. The summed E-state index contributed by atoms with van der Waals surface area (Å²) >= 11 is 0. The van der Waals surface area contributed by atoms with Gasteiger partial charge in [-0.3, -0.25) is 0 Å². The number of rotatable bonds is 0. The molecule has 2 rings (SSSR count). The van der Waals surface area contributed by atoms with E-state index in [0.29, 0.717) is 0 Å². The van der Waals surface area contributed by atoms with E-state index in [1.54, 1.807) is 11.1 Å². The Morgan fingerprint density at radius 2 is 2.09 bits per heavy atom. The highest BCUT2D eigenvalue weighted by atomic mass is 15.1. The monoisotopic (exact) mass is 149 g/mol.